The van der Waals surface area contributed by atoms with Gasteiger partial charge in [0, 0.05) is 62.7 Å². The third-order valence-corrected chi connectivity index (χ3v) is 19.3. The van der Waals surface area contributed by atoms with Crippen molar-refractivity contribution in [2.45, 2.75) is 36.8 Å². The molecule has 0 N–H and O–H groups in total. The molecule has 0 unspecified atom stereocenters. The first-order valence-electron chi connectivity index (χ1n) is 27.6. The van der Waals surface area contributed by atoms with Gasteiger partial charge in [-0.1, -0.05) is 146 Å². The molecule has 8 aromatic carbocycles. The number of imidazole rings is 2. The van der Waals surface area contributed by atoms with Gasteiger partial charge in [-0.25, -0.2) is 18.3 Å². The van der Waals surface area contributed by atoms with Crippen LogP contribution in [0.15, 0.2) is 218 Å². The van der Waals surface area contributed by atoms with E-state index in [1.54, 1.807) is 22.3 Å². The number of fused-ring (bicyclic) bond motifs is 9. The highest BCUT2D eigenvalue weighted by atomic mass is 15.5. The normalized spacial score (nSPS) is 23.6. The van der Waals surface area contributed by atoms with Gasteiger partial charge in [0.15, 0.2) is 33.7 Å². The minimum Gasteiger partial charge on any atom is -0.326 e. The van der Waals surface area contributed by atoms with Gasteiger partial charge in [-0.2, -0.15) is 0 Å². The van der Waals surface area contributed by atoms with Crippen LogP contribution in [0.1, 0.15) is 68.2 Å². The summed E-state index contributed by atoms with van der Waals surface area (Å²) in [5, 5.41) is 0. The van der Waals surface area contributed by atoms with Gasteiger partial charge < -0.3 is 19.6 Å². The maximum atomic E-state index is 2.64. The molecule has 5 heterocycles. The Kier molecular flexibility index (Phi) is 9.59. The number of benzene rings is 8. The summed E-state index contributed by atoms with van der Waals surface area (Å²) >= 11 is 0. The lowest BCUT2D eigenvalue weighted by Crippen LogP contribution is -2.52. The van der Waals surface area contributed by atoms with E-state index < -0.39 is 0 Å². The van der Waals surface area contributed by atoms with Crippen LogP contribution >= 0.6 is 0 Å². The standard InChI is InChI=1S/C34H30N4.C34H32N4/c1-35-27-15-7-9-17-29(27)37-19-25-26(20-38-30-18-10-8-16-28(30)36(2)34(38)33(35)37)32-23-13-5-3-11-21(23)31(25)22-12-4-6-14-24(22)32;1-35-21-37(31-17-9-7-15-29(31)35)19-27-28(20-38-22-36(2)30-16-8-10-18-32(30)38)34-25-13-5-3-11-23(25)33(27)24-12-4-6-14-26(24)34/h3-18,25-26,31-32H,19-20H2,1-2H3;3-18,21-22,27-28,33-34H,19-20H2,1-2H3/q;+2/t25-,26-,31?,32?;27-,28-,33?,34?/m00/s1. The number of anilines is 4. The molecule has 0 fully saturated rings. The van der Waals surface area contributed by atoms with E-state index in [4.69, 9.17) is 0 Å². The predicted octanol–water partition coefficient (Wildman–Crippen LogP) is 12.0. The first kappa shape index (κ1) is 44.0. The second-order valence-electron chi connectivity index (χ2n) is 22.8. The van der Waals surface area contributed by atoms with Crippen molar-refractivity contribution in [3.05, 3.63) is 263 Å². The summed E-state index contributed by atoms with van der Waals surface area (Å²) in [6, 6.07) is 72.6. The molecule has 372 valence electrons. The zero-order chi connectivity index (χ0) is 50.5. The smallest absolute Gasteiger partial charge is 0.244 e. The summed E-state index contributed by atoms with van der Waals surface area (Å²) in [6.07, 6.45) is 4.60. The Hall–Kier alpha value is -8.36. The first-order chi connectivity index (χ1) is 37.4. The van der Waals surface area contributed by atoms with Crippen molar-refractivity contribution in [3.63, 3.8) is 0 Å². The summed E-state index contributed by atoms with van der Waals surface area (Å²) in [7, 11) is 8.82. The maximum absolute atomic E-state index is 2.64. The molecule has 3 aliphatic heterocycles. The van der Waals surface area contributed by atoms with Crippen LogP contribution in [0.3, 0.4) is 0 Å². The highest BCUT2D eigenvalue weighted by Gasteiger charge is 2.55. The van der Waals surface area contributed by atoms with Crippen molar-refractivity contribution in [2.75, 3.05) is 46.8 Å². The zero-order valence-corrected chi connectivity index (χ0v) is 43.7. The van der Waals surface area contributed by atoms with E-state index >= 15 is 0 Å². The quantitative estimate of drug-likeness (QED) is 0.164. The van der Waals surface area contributed by atoms with Crippen LogP contribution in [-0.2, 0) is 27.2 Å². The SMILES string of the molecule is CN1C2=C3N(C)c4ccccc4N3C[C@@H]3C4c5ccccc5C(c5ccccc54)[C@H]3CN2c2ccccc21.C[n+]1cn(C[C@@H]2C3c4ccccc4C(c4ccccc43)[C@H]2Cn2c[n+](C)c3ccccc32)c2ccccc21. The molecule has 0 saturated carbocycles. The van der Waals surface area contributed by atoms with Crippen molar-refractivity contribution in [3.8, 4) is 0 Å². The van der Waals surface area contributed by atoms with Crippen molar-refractivity contribution in [2.24, 2.45) is 37.8 Å². The van der Waals surface area contributed by atoms with E-state index in [-0.39, 0.29) is 0 Å². The molecule has 0 amide bonds. The van der Waals surface area contributed by atoms with E-state index in [1.165, 1.54) is 78.7 Å². The van der Waals surface area contributed by atoms with Gasteiger partial charge in [-0.15, -0.1) is 0 Å². The molecule has 8 nitrogen and oxygen atoms in total. The van der Waals surface area contributed by atoms with Crippen molar-refractivity contribution < 1.29 is 9.13 Å². The van der Waals surface area contributed by atoms with E-state index in [0.29, 0.717) is 47.3 Å². The number of nitrogens with zero attached hydrogens (tertiary/aromatic N) is 8. The van der Waals surface area contributed by atoms with E-state index in [1.807, 2.05) is 0 Å². The Morgan fingerprint density at radius 1 is 0.355 bits per heavy atom. The van der Waals surface area contributed by atoms with E-state index in [9.17, 15) is 0 Å². The van der Waals surface area contributed by atoms with Gasteiger partial charge in [-0.05, 0) is 105 Å². The van der Waals surface area contributed by atoms with Gasteiger partial charge >= 0.3 is 0 Å². The fraction of sp³-hybridized carbons (Fsp3) is 0.235. The summed E-state index contributed by atoms with van der Waals surface area (Å²) in [5.41, 5.74) is 22.7. The van der Waals surface area contributed by atoms with Crippen LogP contribution < -0.4 is 28.7 Å². The second kappa shape index (κ2) is 16.6. The fourth-order valence-electron chi connectivity index (χ4n) is 16.3. The molecule has 0 radical (unpaired) electrons. The van der Waals surface area contributed by atoms with E-state index in [0.717, 1.165) is 26.2 Å². The van der Waals surface area contributed by atoms with Crippen LogP contribution in [0.5, 0.6) is 0 Å². The second-order valence-corrected chi connectivity index (χ2v) is 22.8. The Bertz CT molecular complexity index is 3680. The van der Waals surface area contributed by atoms with Crippen LogP contribution in [0.25, 0.3) is 22.1 Å². The minimum absolute atomic E-state index is 0.388. The summed E-state index contributed by atoms with van der Waals surface area (Å²) < 4.78 is 9.55. The van der Waals surface area contributed by atoms with Crippen LogP contribution in [0.2, 0.25) is 0 Å². The molecule has 2 aromatic heterocycles. The Morgan fingerprint density at radius 2 is 0.645 bits per heavy atom. The van der Waals surface area contributed by atoms with Gasteiger partial charge in [0.25, 0.3) is 0 Å². The third-order valence-electron chi connectivity index (χ3n) is 19.3. The van der Waals surface area contributed by atoms with Crippen LogP contribution in [0, 0.1) is 23.7 Å². The lowest BCUT2D eigenvalue weighted by molar-refractivity contribution is -0.646. The molecule has 10 aromatic rings. The average molecular weight is 991 g/mol. The monoisotopic (exact) mass is 991 g/mol. The Labute approximate surface area is 445 Å². The van der Waals surface area contributed by atoms with Gasteiger partial charge in [0.2, 0.25) is 12.7 Å². The molecular weight excluding hydrogens is 929 g/mol. The topological polar surface area (TPSA) is 30.6 Å². The third kappa shape index (κ3) is 6.12. The number of rotatable bonds is 4. The minimum atomic E-state index is 0.388. The van der Waals surface area contributed by atoms with Gasteiger partial charge in [-0.3, -0.25) is 0 Å². The largest absolute Gasteiger partial charge is 0.326 e. The van der Waals surface area contributed by atoms with Crippen LogP contribution in [-0.4, -0.2) is 36.3 Å². The number of aryl methyl sites for hydroxylation is 2. The zero-order valence-electron chi connectivity index (χ0n) is 43.7. The molecule has 76 heavy (non-hydrogen) atoms. The van der Waals surface area contributed by atoms with Crippen LogP contribution in [0.4, 0.5) is 22.7 Å². The van der Waals surface area contributed by atoms with Crippen molar-refractivity contribution >= 4 is 44.8 Å². The number of para-hydroxylation sites is 8. The molecule has 6 aliphatic carbocycles. The lowest BCUT2D eigenvalue weighted by atomic mass is 9.54. The Balaban J connectivity index is 0.000000128. The number of aromatic nitrogens is 4. The van der Waals surface area contributed by atoms with Crippen molar-refractivity contribution in [1.29, 1.82) is 0 Å². The molecule has 0 spiro atoms. The van der Waals surface area contributed by atoms with Gasteiger partial charge in [0.1, 0.15) is 0 Å². The molecule has 4 atom stereocenters. The molecular formula is C68H62N8+2. The maximum Gasteiger partial charge on any atom is 0.244 e. The summed E-state index contributed by atoms with van der Waals surface area (Å²) in [6.45, 7) is 4.04. The molecule has 8 heteroatoms. The Morgan fingerprint density at radius 3 is 1.00 bits per heavy atom. The van der Waals surface area contributed by atoms with E-state index in [2.05, 4.69) is 273 Å². The lowest BCUT2D eigenvalue weighted by Gasteiger charge is -2.54. The first-order valence-corrected chi connectivity index (χ1v) is 27.6. The fourth-order valence-corrected chi connectivity index (χ4v) is 16.3. The van der Waals surface area contributed by atoms with Crippen molar-refractivity contribution in [1.82, 2.24) is 9.13 Å². The number of hydrogen-bond donors (Lipinski definition) is 0. The average Bonchev–Trinajstić information content (AvgIpc) is 4.28. The molecule has 19 rings (SSSR count). The predicted molar refractivity (Wildman–Crippen MR) is 305 cm³/mol. The summed E-state index contributed by atoms with van der Waals surface area (Å²) in [4.78, 5) is 10.1. The van der Waals surface area contributed by atoms with Gasteiger partial charge in [0.05, 0.1) is 49.9 Å². The molecule has 4 bridgehead atoms. The summed E-state index contributed by atoms with van der Waals surface area (Å²) in [5.74, 6) is 6.18. The number of hydrogen-bond acceptors (Lipinski definition) is 4. The highest BCUT2D eigenvalue weighted by Crippen LogP contribution is 2.62. The molecule has 0 saturated heterocycles. The molecule has 9 aliphatic rings. The highest BCUT2D eigenvalue weighted by molar-refractivity contribution is 5.89.